The van der Waals surface area contributed by atoms with Crippen LogP contribution < -0.4 is 15.4 Å². The first kappa shape index (κ1) is 17.1. The minimum atomic E-state index is -0.311. The normalized spacial score (nSPS) is 10.6. The molecule has 0 fully saturated rings. The Hall–Kier alpha value is -3.38. The molecule has 1 heterocycles. The van der Waals surface area contributed by atoms with Gasteiger partial charge in [-0.1, -0.05) is 24.3 Å². The van der Waals surface area contributed by atoms with Gasteiger partial charge in [0.1, 0.15) is 10.8 Å². The van der Waals surface area contributed by atoms with Gasteiger partial charge in [0.25, 0.3) is 0 Å². The molecule has 0 saturated carbocycles. The highest BCUT2D eigenvalue weighted by molar-refractivity contribution is 7.21. The van der Waals surface area contributed by atoms with Crippen molar-refractivity contribution in [2.45, 2.75) is 0 Å². The summed E-state index contributed by atoms with van der Waals surface area (Å²) in [7, 11) is 1.61. The SMILES string of the molecule is COc1ccc(NC(=O)Nc2ccccc2-c2nc3ccccc3s2)cc1. The van der Waals surface area contributed by atoms with Gasteiger partial charge in [0.05, 0.1) is 23.0 Å². The number of hydrogen-bond acceptors (Lipinski definition) is 4. The minimum Gasteiger partial charge on any atom is -0.497 e. The molecule has 0 atom stereocenters. The molecule has 0 aliphatic carbocycles. The summed E-state index contributed by atoms with van der Waals surface area (Å²) >= 11 is 1.60. The van der Waals surface area contributed by atoms with E-state index in [1.807, 2.05) is 48.5 Å². The van der Waals surface area contributed by atoms with Crippen molar-refractivity contribution in [1.29, 1.82) is 0 Å². The maximum absolute atomic E-state index is 12.4. The van der Waals surface area contributed by atoms with Crippen molar-refractivity contribution in [1.82, 2.24) is 4.98 Å². The molecule has 0 bridgehead atoms. The number of nitrogens with one attached hydrogen (secondary N) is 2. The van der Waals surface area contributed by atoms with Gasteiger partial charge >= 0.3 is 6.03 Å². The topological polar surface area (TPSA) is 63.2 Å². The average Bonchev–Trinajstić information content (AvgIpc) is 3.13. The van der Waals surface area contributed by atoms with Crippen molar-refractivity contribution in [2.75, 3.05) is 17.7 Å². The van der Waals surface area contributed by atoms with Crippen LogP contribution >= 0.6 is 11.3 Å². The van der Waals surface area contributed by atoms with Gasteiger partial charge < -0.3 is 15.4 Å². The average molecular weight is 375 g/mol. The quantitative estimate of drug-likeness (QED) is 0.487. The molecule has 0 saturated heterocycles. The highest BCUT2D eigenvalue weighted by Crippen LogP contribution is 2.34. The number of ether oxygens (including phenoxy) is 1. The predicted octanol–water partition coefficient (Wildman–Crippen LogP) is 5.62. The summed E-state index contributed by atoms with van der Waals surface area (Å²) in [5.74, 6) is 0.738. The Balaban J connectivity index is 1.56. The van der Waals surface area contributed by atoms with Crippen LogP contribution in [0.1, 0.15) is 0 Å². The lowest BCUT2D eigenvalue weighted by molar-refractivity contribution is 0.262. The van der Waals surface area contributed by atoms with Gasteiger partial charge in [-0.3, -0.25) is 0 Å². The summed E-state index contributed by atoms with van der Waals surface area (Å²) in [6.07, 6.45) is 0. The summed E-state index contributed by atoms with van der Waals surface area (Å²) in [4.78, 5) is 17.1. The Bertz CT molecular complexity index is 1060. The molecule has 6 heteroatoms. The number of carbonyl (C=O) groups excluding carboxylic acids is 1. The molecule has 0 radical (unpaired) electrons. The molecule has 2 N–H and O–H groups in total. The second kappa shape index (κ2) is 7.47. The molecule has 27 heavy (non-hydrogen) atoms. The van der Waals surface area contributed by atoms with Crippen LogP contribution in [-0.4, -0.2) is 18.1 Å². The second-order valence-corrected chi connectivity index (χ2v) is 6.87. The van der Waals surface area contributed by atoms with E-state index in [1.54, 1.807) is 42.7 Å². The molecule has 0 aliphatic rings. The van der Waals surface area contributed by atoms with Gasteiger partial charge in [0.15, 0.2) is 0 Å². The first-order chi connectivity index (χ1) is 13.2. The minimum absolute atomic E-state index is 0.311. The Kier molecular flexibility index (Phi) is 4.72. The van der Waals surface area contributed by atoms with E-state index in [2.05, 4.69) is 15.6 Å². The summed E-state index contributed by atoms with van der Waals surface area (Å²) in [6, 6.07) is 22.5. The number of nitrogens with zero attached hydrogens (tertiary/aromatic N) is 1. The zero-order valence-corrected chi connectivity index (χ0v) is 15.4. The Labute approximate surface area is 160 Å². The number of anilines is 2. The van der Waals surface area contributed by atoms with Crippen LogP contribution in [-0.2, 0) is 0 Å². The Morgan fingerprint density at radius 1 is 0.926 bits per heavy atom. The van der Waals surface area contributed by atoms with Gasteiger partial charge in [-0.25, -0.2) is 9.78 Å². The van der Waals surface area contributed by atoms with E-state index < -0.39 is 0 Å². The molecule has 2 amide bonds. The number of para-hydroxylation sites is 2. The number of carbonyl (C=O) groups is 1. The first-order valence-electron chi connectivity index (χ1n) is 8.40. The summed E-state index contributed by atoms with van der Waals surface area (Å²) in [5.41, 5.74) is 3.24. The van der Waals surface area contributed by atoms with E-state index in [-0.39, 0.29) is 6.03 Å². The smallest absolute Gasteiger partial charge is 0.323 e. The maximum Gasteiger partial charge on any atom is 0.323 e. The third kappa shape index (κ3) is 3.75. The van der Waals surface area contributed by atoms with Crippen LogP contribution in [0.25, 0.3) is 20.8 Å². The van der Waals surface area contributed by atoms with Crippen molar-refractivity contribution in [3.8, 4) is 16.3 Å². The number of hydrogen-bond donors (Lipinski definition) is 2. The maximum atomic E-state index is 12.4. The van der Waals surface area contributed by atoms with E-state index >= 15 is 0 Å². The fraction of sp³-hybridized carbons (Fsp3) is 0.0476. The number of methoxy groups -OCH3 is 1. The van der Waals surface area contributed by atoms with E-state index in [4.69, 9.17) is 4.74 Å². The van der Waals surface area contributed by atoms with E-state index in [0.717, 1.165) is 26.5 Å². The van der Waals surface area contributed by atoms with Gasteiger partial charge in [-0.05, 0) is 48.5 Å². The number of amides is 2. The Morgan fingerprint density at radius 3 is 2.44 bits per heavy atom. The van der Waals surface area contributed by atoms with Gasteiger partial charge in [-0.2, -0.15) is 0 Å². The summed E-state index contributed by atoms with van der Waals surface area (Å²) < 4.78 is 6.24. The van der Waals surface area contributed by atoms with Crippen LogP contribution in [0.15, 0.2) is 72.8 Å². The fourth-order valence-corrected chi connectivity index (χ4v) is 3.73. The summed E-state index contributed by atoms with van der Waals surface area (Å²) in [6.45, 7) is 0. The third-order valence-electron chi connectivity index (χ3n) is 4.05. The molecular weight excluding hydrogens is 358 g/mol. The molecule has 0 unspecified atom stereocenters. The van der Waals surface area contributed by atoms with Crippen LogP contribution in [0.3, 0.4) is 0 Å². The highest BCUT2D eigenvalue weighted by atomic mass is 32.1. The number of benzene rings is 3. The number of urea groups is 1. The van der Waals surface area contributed by atoms with E-state index in [9.17, 15) is 4.79 Å². The molecule has 4 aromatic rings. The fourth-order valence-electron chi connectivity index (χ4n) is 2.73. The molecule has 0 spiro atoms. The van der Waals surface area contributed by atoms with E-state index in [0.29, 0.717) is 11.4 Å². The van der Waals surface area contributed by atoms with Crippen LogP contribution in [0, 0.1) is 0 Å². The zero-order valence-electron chi connectivity index (χ0n) is 14.6. The molecule has 0 aliphatic heterocycles. The predicted molar refractivity (Wildman–Crippen MR) is 111 cm³/mol. The largest absolute Gasteiger partial charge is 0.497 e. The molecule has 134 valence electrons. The van der Waals surface area contributed by atoms with Crippen molar-refractivity contribution in [2.24, 2.45) is 0 Å². The van der Waals surface area contributed by atoms with Crippen LogP contribution in [0.2, 0.25) is 0 Å². The number of aromatic nitrogens is 1. The Morgan fingerprint density at radius 2 is 1.67 bits per heavy atom. The van der Waals surface area contributed by atoms with Gasteiger partial charge in [0, 0.05) is 11.3 Å². The van der Waals surface area contributed by atoms with Gasteiger partial charge in [0.2, 0.25) is 0 Å². The van der Waals surface area contributed by atoms with Crippen molar-refractivity contribution in [3.05, 3.63) is 72.8 Å². The number of thiazole rings is 1. The number of rotatable bonds is 4. The number of fused-ring (bicyclic) bond motifs is 1. The highest BCUT2D eigenvalue weighted by Gasteiger charge is 2.12. The lowest BCUT2D eigenvalue weighted by atomic mass is 10.2. The molecular formula is C21H17N3O2S. The molecule has 3 aromatic carbocycles. The third-order valence-corrected chi connectivity index (χ3v) is 5.12. The van der Waals surface area contributed by atoms with E-state index in [1.165, 1.54) is 0 Å². The van der Waals surface area contributed by atoms with Crippen molar-refractivity contribution >= 4 is 39.0 Å². The van der Waals surface area contributed by atoms with Gasteiger partial charge in [-0.15, -0.1) is 11.3 Å². The van der Waals surface area contributed by atoms with Crippen molar-refractivity contribution < 1.29 is 9.53 Å². The standard InChI is InChI=1S/C21H17N3O2S/c1-26-15-12-10-14(11-13-15)22-21(25)24-17-7-3-2-6-16(17)20-23-18-8-4-5-9-19(18)27-20/h2-13H,1H3,(H2,22,24,25). The summed E-state index contributed by atoms with van der Waals surface area (Å²) in [5, 5.41) is 6.61. The van der Waals surface area contributed by atoms with Crippen molar-refractivity contribution in [3.63, 3.8) is 0 Å². The zero-order chi connectivity index (χ0) is 18.6. The lowest BCUT2D eigenvalue weighted by Gasteiger charge is -2.11. The first-order valence-corrected chi connectivity index (χ1v) is 9.21. The molecule has 4 rings (SSSR count). The molecule has 5 nitrogen and oxygen atoms in total. The van der Waals surface area contributed by atoms with Crippen LogP contribution in [0.5, 0.6) is 5.75 Å². The second-order valence-electron chi connectivity index (χ2n) is 5.84. The molecule has 1 aromatic heterocycles. The lowest BCUT2D eigenvalue weighted by Crippen LogP contribution is -2.19. The van der Waals surface area contributed by atoms with Crippen LogP contribution in [0.4, 0.5) is 16.2 Å². The monoisotopic (exact) mass is 375 g/mol.